The first-order valence-corrected chi connectivity index (χ1v) is 23.3. The molecule has 68 heavy (non-hydrogen) atoms. The minimum Gasteiger partial charge on any atom is -0.492 e. The maximum atomic E-state index is 14.8. The molecule has 2 heterocycles. The van der Waals surface area contributed by atoms with Crippen LogP contribution in [0.4, 0.5) is 16.2 Å². The van der Waals surface area contributed by atoms with Crippen LogP contribution in [-0.2, 0) is 20.9 Å². The number of aliphatic hydroxyl groups excluding tert-OH is 3. The minimum atomic E-state index is -1.65. The molecule has 2 aliphatic carbocycles. The Bertz CT molecular complexity index is 2250. The minimum absolute atomic E-state index is 0.00447. The van der Waals surface area contributed by atoms with Crippen molar-refractivity contribution >= 4 is 23.2 Å². The molecule has 3 aromatic carbocycles. The van der Waals surface area contributed by atoms with E-state index in [0.29, 0.717) is 55.1 Å². The maximum absolute atomic E-state index is 14.8. The van der Waals surface area contributed by atoms with Gasteiger partial charge in [-0.1, -0.05) is 30.1 Å². The zero-order valence-electron chi connectivity index (χ0n) is 38.1. The molecular formula is C49H61N5O14. The second-order valence-corrected chi connectivity index (χ2v) is 17.3. The van der Waals surface area contributed by atoms with E-state index in [1.165, 1.54) is 41.3 Å². The molecule has 0 spiro atoms. The van der Waals surface area contributed by atoms with Crippen LogP contribution in [0.1, 0.15) is 62.0 Å². The van der Waals surface area contributed by atoms with E-state index in [1.54, 1.807) is 18.2 Å². The number of unbranched alkanes of at least 4 members (excludes halogenated alkanes) is 2. The van der Waals surface area contributed by atoms with Crippen molar-refractivity contribution in [1.82, 2.24) is 9.80 Å². The van der Waals surface area contributed by atoms with Crippen LogP contribution in [0.2, 0.25) is 0 Å². The summed E-state index contributed by atoms with van der Waals surface area (Å²) < 4.78 is 32.4. The number of allylic oxidation sites excluding steroid dienone is 1. The van der Waals surface area contributed by atoms with Gasteiger partial charge in [-0.05, 0) is 91.1 Å². The summed E-state index contributed by atoms with van der Waals surface area (Å²) >= 11 is 0. The zero-order valence-corrected chi connectivity index (χ0v) is 38.1. The van der Waals surface area contributed by atoms with E-state index < -0.39 is 33.7 Å². The second kappa shape index (κ2) is 23.9. The van der Waals surface area contributed by atoms with Crippen LogP contribution >= 0.6 is 0 Å². The predicted molar refractivity (Wildman–Crippen MR) is 249 cm³/mol. The van der Waals surface area contributed by atoms with Crippen LogP contribution in [0.15, 0.2) is 96.2 Å². The average Bonchev–Trinajstić information content (AvgIpc) is 4.17. The Labute approximate surface area is 394 Å². The Morgan fingerprint density at radius 2 is 1.59 bits per heavy atom. The van der Waals surface area contributed by atoms with Gasteiger partial charge >= 0.3 is 6.09 Å². The van der Waals surface area contributed by atoms with Crippen LogP contribution in [0.3, 0.4) is 0 Å². The first-order chi connectivity index (χ1) is 33.1. The van der Waals surface area contributed by atoms with Gasteiger partial charge in [-0.25, -0.2) is 4.79 Å². The van der Waals surface area contributed by atoms with Gasteiger partial charge in [0, 0.05) is 81.6 Å². The van der Waals surface area contributed by atoms with E-state index in [0.717, 1.165) is 43.6 Å². The number of aliphatic hydroxyl groups is 3. The molecule has 2 fully saturated rings. The Kier molecular flexibility index (Phi) is 17.5. The molecule has 0 bridgehead atoms. The standard InChI is InChI=1S/C49H61N5O14/c1-2-26-65-49-45(52(22-27-63-29-25-57)48(58)67-38-15-13-37(14-16-38)54(61)62)32-43(50-66-33-34-9-11-36(12-10-34)53(59)60)41-30-35(7-3-5-23-55)40(8-4-6-24-56)46(47(41)49)42-31-39(17-18-44(42)68-49)64-28-21-51-19-20-51/h2,9-18,30-31,35,40,45-47,55-57H,1,3-8,19-29,32-33H2. The van der Waals surface area contributed by atoms with Gasteiger partial charge in [0.05, 0.1) is 47.9 Å². The van der Waals surface area contributed by atoms with Crippen molar-refractivity contribution in [3.63, 3.8) is 0 Å². The number of carbonyl (C=O) groups is 1. The monoisotopic (exact) mass is 943 g/mol. The van der Waals surface area contributed by atoms with Gasteiger partial charge in [0.25, 0.3) is 11.4 Å². The molecule has 0 radical (unpaired) electrons. The lowest BCUT2D eigenvalue weighted by Gasteiger charge is -2.59. The van der Waals surface area contributed by atoms with Crippen molar-refractivity contribution in [3.8, 4) is 17.2 Å². The number of non-ortho nitro benzene ring substituents is 2. The quantitative estimate of drug-likeness (QED) is 0.0242. The summed E-state index contributed by atoms with van der Waals surface area (Å²) in [7, 11) is 0. The van der Waals surface area contributed by atoms with Gasteiger partial charge in [0.2, 0.25) is 5.79 Å². The number of nitro benzene ring substituents is 2. The zero-order chi connectivity index (χ0) is 48.0. The number of rotatable bonds is 27. The number of fused-ring (bicyclic) bond motifs is 2. The summed E-state index contributed by atoms with van der Waals surface area (Å²) in [6.07, 6.45) is 7.06. The fourth-order valence-electron chi connectivity index (χ4n) is 9.72. The van der Waals surface area contributed by atoms with Crippen LogP contribution < -0.4 is 14.2 Å². The molecule has 1 amide bonds. The van der Waals surface area contributed by atoms with E-state index in [1.807, 2.05) is 18.2 Å². The van der Waals surface area contributed by atoms with Crippen molar-refractivity contribution in [1.29, 1.82) is 0 Å². The number of benzene rings is 3. The van der Waals surface area contributed by atoms with Crippen LogP contribution in [-0.4, -0.2) is 131 Å². The van der Waals surface area contributed by atoms with E-state index in [9.17, 15) is 40.3 Å². The van der Waals surface area contributed by atoms with E-state index in [-0.39, 0.29) is 94.1 Å². The lowest BCUT2D eigenvalue weighted by Crippen LogP contribution is -2.70. The third-order valence-electron chi connectivity index (χ3n) is 13.0. The summed E-state index contributed by atoms with van der Waals surface area (Å²) in [5, 5.41) is 57.2. The van der Waals surface area contributed by atoms with Gasteiger partial charge in [-0.3, -0.25) is 30.0 Å². The number of hydrogen-bond donors (Lipinski definition) is 3. The fraction of sp³-hybridized carbons (Fsp3) is 0.510. The smallest absolute Gasteiger partial charge is 0.415 e. The van der Waals surface area contributed by atoms with Crippen molar-refractivity contribution in [3.05, 3.63) is 122 Å². The van der Waals surface area contributed by atoms with Crippen LogP contribution in [0.25, 0.3) is 0 Å². The molecule has 4 aliphatic rings. The van der Waals surface area contributed by atoms with Gasteiger partial charge in [0.15, 0.2) is 0 Å². The maximum Gasteiger partial charge on any atom is 0.415 e. The highest BCUT2D eigenvalue weighted by atomic mass is 16.7. The molecule has 6 unspecified atom stereocenters. The highest BCUT2D eigenvalue weighted by molar-refractivity contribution is 6.03. The second-order valence-electron chi connectivity index (χ2n) is 17.3. The number of hydrogen-bond acceptors (Lipinski definition) is 16. The molecule has 0 aromatic heterocycles. The number of nitro groups is 2. The molecule has 366 valence electrons. The van der Waals surface area contributed by atoms with E-state index in [4.69, 9.17) is 33.7 Å². The molecule has 3 aromatic rings. The summed E-state index contributed by atoms with van der Waals surface area (Å²) in [5.41, 5.74) is 2.53. The number of nitrogens with zero attached hydrogens (tertiary/aromatic N) is 5. The van der Waals surface area contributed by atoms with Crippen molar-refractivity contribution in [2.24, 2.45) is 22.9 Å². The molecule has 19 nitrogen and oxygen atoms in total. The van der Waals surface area contributed by atoms with Gasteiger partial charge in [0.1, 0.15) is 36.5 Å². The van der Waals surface area contributed by atoms with Gasteiger partial charge in [-0.15, -0.1) is 6.58 Å². The van der Waals surface area contributed by atoms with Crippen molar-refractivity contribution < 1.29 is 58.5 Å². The predicted octanol–water partition coefficient (Wildman–Crippen LogP) is 6.54. The number of oxime groups is 1. The summed E-state index contributed by atoms with van der Waals surface area (Å²) in [5.74, 6) is -1.53. The van der Waals surface area contributed by atoms with Crippen LogP contribution in [0.5, 0.6) is 17.2 Å². The van der Waals surface area contributed by atoms with Gasteiger partial charge in [-0.2, -0.15) is 0 Å². The largest absolute Gasteiger partial charge is 0.492 e. The third kappa shape index (κ3) is 12.0. The number of carbonyl (C=O) groups excluding carboxylic acids is 1. The molecule has 1 saturated carbocycles. The lowest BCUT2D eigenvalue weighted by molar-refractivity contribution is -0.385. The van der Waals surface area contributed by atoms with E-state index >= 15 is 0 Å². The number of ether oxygens (including phenoxy) is 5. The molecule has 6 atom stereocenters. The Morgan fingerprint density at radius 1 is 0.897 bits per heavy atom. The Balaban J connectivity index is 1.40. The van der Waals surface area contributed by atoms with E-state index in [2.05, 4.69) is 17.6 Å². The first kappa shape index (κ1) is 49.9. The highest BCUT2D eigenvalue weighted by Crippen LogP contribution is 2.62. The summed E-state index contributed by atoms with van der Waals surface area (Å²) in [6.45, 7) is 6.99. The SMILES string of the molecule is C=CCOC12Oc3ccc(OCCN4CC4)cc3C3C(CCCCO)C(CCCCO)C=C(C(=NOCc4ccc([N+](=O)[O-])cc4)CC1N(CCOCCO)C(=O)Oc1ccc([N+](=O)[O-])cc1)C32. The Hall–Kier alpha value is -5.96. The molecule has 1 saturated heterocycles. The van der Waals surface area contributed by atoms with Crippen molar-refractivity contribution in [2.75, 3.05) is 72.4 Å². The topological polar surface area (TPSA) is 238 Å². The average molecular weight is 944 g/mol. The Morgan fingerprint density at radius 3 is 2.25 bits per heavy atom. The van der Waals surface area contributed by atoms with Crippen molar-refractivity contribution in [2.45, 2.75) is 69.3 Å². The summed E-state index contributed by atoms with van der Waals surface area (Å²) in [4.78, 5) is 46.5. The summed E-state index contributed by atoms with van der Waals surface area (Å²) in [6, 6.07) is 15.9. The first-order valence-electron chi connectivity index (χ1n) is 23.3. The molecule has 2 aliphatic heterocycles. The molecular weight excluding hydrogens is 883 g/mol. The fourth-order valence-corrected chi connectivity index (χ4v) is 9.72. The number of amides is 1. The molecule has 3 N–H and O–H groups in total. The normalized spacial score (nSPS) is 23.1. The highest BCUT2D eigenvalue weighted by Gasteiger charge is 2.65. The van der Waals surface area contributed by atoms with Crippen LogP contribution in [0, 0.1) is 38.0 Å². The van der Waals surface area contributed by atoms with Gasteiger partial charge < -0.3 is 43.8 Å². The molecule has 19 heteroatoms. The lowest BCUT2D eigenvalue weighted by atomic mass is 9.55. The molecule has 7 rings (SSSR count). The third-order valence-corrected chi connectivity index (χ3v) is 13.0.